The summed E-state index contributed by atoms with van der Waals surface area (Å²) in [4.78, 5) is 18.7. The van der Waals surface area contributed by atoms with Crippen LogP contribution in [0, 0.1) is 0 Å². The number of benzene rings is 1. The lowest BCUT2D eigenvalue weighted by molar-refractivity contribution is -0.113. The van der Waals surface area contributed by atoms with Gasteiger partial charge in [0, 0.05) is 43.4 Å². The number of rotatable bonds is 8. The van der Waals surface area contributed by atoms with Crippen LogP contribution in [0.25, 0.3) is 11.4 Å². The van der Waals surface area contributed by atoms with Crippen molar-refractivity contribution in [3.63, 3.8) is 0 Å². The number of carbonyl (C=O) groups excluding carboxylic acids is 1. The Morgan fingerprint density at radius 2 is 1.97 bits per heavy atom. The normalized spacial score (nSPS) is 10.8. The van der Waals surface area contributed by atoms with Gasteiger partial charge in [-0.1, -0.05) is 11.8 Å². The largest absolute Gasteiger partial charge is 0.467 e. The van der Waals surface area contributed by atoms with E-state index < -0.39 is 0 Å². The Morgan fingerprint density at radius 3 is 2.65 bits per heavy atom. The van der Waals surface area contributed by atoms with Crippen LogP contribution in [0.15, 0.2) is 76.8 Å². The molecule has 1 amide bonds. The van der Waals surface area contributed by atoms with Gasteiger partial charge in [-0.2, -0.15) is 0 Å². The molecule has 0 aliphatic rings. The first-order valence-corrected chi connectivity index (χ1v) is 10.6. The van der Waals surface area contributed by atoms with Crippen LogP contribution in [0.5, 0.6) is 0 Å². The van der Waals surface area contributed by atoms with Crippen LogP contribution in [0.4, 0.5) is 11.4 Å². The van der Waals surface area contributed by atoms with E-state index in [1.54, 1.807) is 18.7 Å². The molecule has 0 saturated heterocycles. The molecule has 9 heteroatoms. The van der Waals surface area contributed by atoms with Crippen molar-refractivity contribution in [2.24, 2.45) is 0 Å². The molecule has 1 aromatic carbocycles. The zero-order chi connectivity index (χ0) is 21.6. The van der Waals surface area contributed by atoms with Gasteiger partial charge in [-0.25, -0.2) is 0 Å². The first kappa shape index (κ1) is 20.7. The number of hydrogen-bond donors (Lipinski definition) is 1. The van der Waals surface area contributed by atoms with Crippen LogP contribution in [0.2, 0.25) is 0 Å². The second kappa shape index (κ2) is 9.48. The highest BCUT2D eigenvalue weighted by atomic mass is 32.2. The van der Waals surface area contributed by atoms with Crippen molar-refractivity contribution < 1.29 is 9.21 Å². The molecule has 3 aromatic heterocycles. The molecule has 0 atom stereocenters. The van der Waals surface area contributed by atoms with Crippen molar-refractivity contribution in [2.45, 2.75) is 11.7 Å². The van der Waals surface area contributed by atoms with Gasteiger partial charge >= 0.3 is 0 Å². The van der Waals surface area contributed by atoms with Crippen LogP contribution >= 0.6 is 11.8 Å². The Hall–Kier alpha value is -3.59. The van der Waals surface area contributed by atoms with Crippen molar-refractivity contribution in [3.8, 4) is 11.4 Å². The number of aromatic nitrogens is 4. The number of thioether (sulfide) groups is 1. The van der Waals surface area contributed by atoms with Crippen molar-refractivity contribution in [2.75, 3.05) is 30.1 Å². The zero-order valence-electron chi connectivity index (χ0n) is 17.2. The average Bonchev–Trinajstić information content (AvgIpc) is 3.44. The second-order valence-electron chi connectivity index (χ2n) is 6.99. The zero-order valence-corrected chi connectivity index (χ0v) is 18.0. The van der Waals surface area contributed by atoms with Gasteiger partial charge < -0.3 is 14.6 Å². The Balaban J connectivity index is 1.47. The summed E-state index contributed by atoms with van der Waals surface area (Å²) in [5, 5.41) is 12.2. The fourth-order valence-electron chi connectivity index (χ4n) is 2.98. The van der Waals surface area contributed by atoms with Crippen LogP contribution < -0.4 is 10.2 Å². The molecule has 0 aliphatic carbocycles. The number of nitrogens with one attached hydrogen (secondary N) is 1. The summed E-state index contributed by atoms with van der Waals surface area (Å²) in [6.07, 6.45) is 5.08. The number of amides is 1. The summed E-state index contributed by atoms with van der Waals surface area (Å²) in [7, 11) is 3.95. The Labute approximate surface area is 184 Å². The monoisotopic (exact) mass is 434 g/mol. The maximum Gasteiger partial charge on any atom is 0.234 e. The van der Waals surface area contributed by atoms with Gasteiger partial charge in [0.05, 0.1) is 18.6 Å². The molecule has 1 N–H and O–H groups in total. The Morgan fingerprint density at radius 1 is 1.13 bits per heavy atom. The topological polar surface area (TPSA) is 89.1 Å². The maximum absolute atomic E-state index is 12.5. The number of furan rings is 1. The van der Waals surface area contributed by atoms with Crippen LogP contribution in [0.3, 0.4) is 0 Å². The summed E-state index contributed by atoms with van der Waals surface area (Å²) in [5.74, 6) is 1.54. The van der Waals surface area contributed by atoms with E-state index in [0.717, 1.165) is 22.7 Å². The third-order valence-corrected chi connectivity index (χ3v) is 5.50. The summed E-state index contributed by atoms with van der Waals surface area (Å²) >= 11 is 1.33. The van der Waals surface area contributed by atoms with E-state index in [2.05, 4.69) is 20.5 Å². The molecule has 0 saturated carbocycles. The van der Waals surface area contributed by atoms with Gasteiger partial charge in [0.2, 0.25) is 5.91 Å². The second-order valence-corrected chi connectivity index (χ2v) is 7.93. The minimum atomic E-state index is -0.113. The Bertz CT molecular complexity index is 1120. The number of carbonyl (C=O) groups is 1. The van der Waals surface area contributed by atoms with Gasteiger partial charge in [0.25, 0.3) is 0 Å². The van der Waals surface area contributed by atoms with Crippen molar-refractivity contribution in [3.05, 3.63) is 72.9 Å². The maximum atomic E-state index is 12.5. The number of pyridine rings is 1. The van der Waals surface area contributed by atoms with E-state index in [4.69, 9.17) is 4.42 Å². The first-order valence-electron chi connectivity index (χ1n) is 9.66. The van der Waals surface area contributed by atoms with Crippen molar-refractivity contribution >= 4 is 29.0 Å². The molecule has 0 fully saturated rings. The van der Waals surface area contributed by atoms with Gasteiger partial charge in [-0.3, -0.25) is 14.3 Å². The number of anilines is 2. The summed E-state index contributed by atoms with van der Waals surface area (Å²) in [5.41, 5.74) is 2.67. The van der Waals surface area contributed by atoms with Crippen molar-refractivity contribution in [1.82, 2.24) is 19.7 Å². The molecule has 3 heterocycles. The van der Waals surface area contributed by atoms with E-state index in [9.17, 15) is 4.79 Å². The third kappa shape index (κ3) is 5.13. The quantitative estimate of drug-likeness (QED) is 0.422. The number of nitrogens with zero attached hydrogens (tertiary/aromatic N) is 5. The molecule has 0 spiro atoms. The van der Waals surface area contributed by atoms with Gasteiger partial charge in [-0.15, -0.1) is 10.2 Å². The van der Waals surface area contributed by atoms with Crippen LogP contribution in [-0.4, -0.2) is 45.5 Å². The minimum Gasteiger partial charge on any atom is -0.467 e. The molecule has 0 bridgehead atoms. The SMILES string of the molecule is CN(C)c1ccc(NC(=O)CSc2nnc(-c3cccnc3)n2Cc2ccco2)cc1. The number of hydrogen-bond acceptors (Lipinski definition) is 7. The van der Waals surface area contributed by atoms with Gasteiger partial charge in [-0.05, 0) is 48.5 Å². The highest BCUT2D eigenvalue weighted by Gasteiger charge is 2.17. The third-order valence-electron chi connectivity index (χ3n) is 4.53. The minimum absolute atomic E-state index is 0.113. The average molecular weight is 435 g/mol. The molecular weight excluding hydrogens is 412 g/mol. The molecule has 0 unspecified atom stereocenters. The highest BCUT2D eigenvalue weighted by Crippen LogP contribution is 2.25. The van der Waals surface area contributed by atoms with E-state index in [1.807, 2.05) is 72.1 Å². The van der Waals surface area contributed by atoms with Crippen LogP contribution in [0.1, 0.15) is 5.76 Å². The molecule has 0 aliphatic heterocycles. The standard InChI is InChI=1S/C22H22N6O2S/c1-27(2)18-9-7-17(8-10-18)24-20(29)15-31-22-26-25-21(16-5-3-11-23-13-16)28(22)14-19-6-4-12-30-19/h3-13H,14-15H2,1-2H3,(H,24,29). The predicted molar refractivity (Wildman–Crippen MR) is 121 cm³/mol. The molecule has 158 valence electrons. The first-order chi connectivity index (χ1) is 15.1. The summed E-state index contributed by atoms with van der Waals surface area (Å²) < 4.78 is 7.43. The van der Waals surface area contributed by atoms with Gasteiger partial charge in [0.1, 0.15) is 5.76 Å². The lowest BCUT2D eigenvalue weighted by Crippen LogP contribution is -2.15. The summed E-state index contributed by atoms with van der Waals surface area (Å²) in [6.45, 7) is 0.459. The van der Waals surface area contributed by atoms with Crippen LogP contribution in [-0.2, 0) is 11.3 Å². The Kier molecular flexibility index (Phi) is 6.32. The smallest absolute Gasteiger partial charge is 0.234 e. The predicted octanol–water partition coefficient (Wildman–Crippen LogP) is 3.78. The van der Waals surface area contributed by atoms with E-state index in [0.29, 0.717) is 17.5 Å². The molecular formula is C22H22N6O2S. The molecule has 4 aromatic rings. The molecule has 4 rings (SSSR count). The molecule has 0 radical (unpaired) electrons. The van der Waals surface area contributed by atoms with E-state index >= 15 is 0 Å². The molecule has 31 heavy (non-hydrogen) atoms. The van der Waals surface area contributed by atoms with Crippen molar-refractivity contribution in [1.29, 1.82) is 0 Å². The lowest BCUT2D eigenvalue weighted by atomic mass is 10.2. The summed E-state index contributed by atoms with van der Waals surface area (Å²) in [6, 6.07) is 15.2. The van der Waals surface area contributed by atoms with Gasteiger partial charge in [0.15, 0.2) is 11.0 Å². The highest BCUT2D eigenvalue weighted by molar-refractivity contribution is 7.99. The lowest BCUT2D eigenvalue weighted by Gasteiger charge is -2.13. The van der Waals surface area contributed by atoms with E-state index in [1.165, 1.54) is 11.8 Å². The fourth-order valence-corrected chi connectivity index (χ4v) is 3.71. The molecule has 8 nitrogen and oxygen atoms in total. The van der Waals surface area contributed by atoms with E-state index in [-0.39, 0.29) is 11.7 Å². The fraction of sp³-hybridized carbons (Fsp3) is 0.182.